The van der Waals surface area contributed by atoms with Crippen molar-refractivity contribution >= 4 is 29.3 Å². The lowest BCUT2D eigenvalue weighted by Gasteiger charge is -2.22. The zero-order valence-electron chi connectivity index (χ0n) is 18.9. The van der Waals surface area contributed by atoms with Crippen molar-refractivity contribution in [2.75, 3.05) is 6.61 Å². The zero-order valence-corrected chi connectivity index (χ0v) is 19.7. The maximum atomic E-state index is 12.8. The van der Waals surface area contributed by atoms with Crippen molar-refractivity contribution in [3.8, 4) is 11.1 Å². The molecule has 35 heavy (non-hydrogen) atoms. The van der Waals surface area contributed by atoms with Gasteiger partial charge in [0.15, 0.2) is 6.04 Å². The van der Waals surface area contributed by atoms with Crippen LogP contribution in [0, 0.1) is 0 Å². The largest absolute Gasteiger partial charge is 0.480 e. The summed E-state index contributed by atoms with van der Waals surface area (Å²) < 4.78 is 5.53. The van der Waals surface area contributed by atoms with Crippen LogP contribution in [0.3, 0.4) is 0 Å². The predicted octanol–water partition coefficient (Wildman–Crippen LogP) is 2.54. The van der Waals surface area contributed by atoms with E-state index in [-0.39, 0.29) is 18.9 Å². The molecular formula is C25H25N3O6S. The van der Waals surface area contributed by atoms with Gasteiger partial charge in [-0.15, -0.1) is 11.3 Å². The Kier molecular flexibility index (Phi) is 7.42. The normalized spacial score (nSPS) is 14.8. The highest BCUT2D eigenvalue weighted by atomic mass is 32.1. The molecule has 3 aromatic rings. The average Bonchev–Trinajstić information content (AvgIpc) is 3.46. The first-order chi connectivity index (χ1) is 16.8. The van der Waals surface area contributed by atoms with Crippen LogP contribution >= 0.6 is 11.3 Å². The third-order valence-corrected chi connectivity index (χ3v) is 6.69. The summed E-state index contributed by atoms with van der Waals surface area (Å²) in [5.41, 5.74) is 5.89. The molecule has 10 heteroatoms. The number of benzene rings is 2. The first kappa shape index (κ1) is 24.4. The van der Waals surface area contributed by atoms with Crippen molar-refractivity contribution in [3.05, 3.63) is 76.2 Å². The Labute approximate surface area is 205 Å². The molecule has 0 saturated heterocycles. The molecular weight excluding hydrogens is 470 g/mol. The van der Waals surface area contributed by atoms with Gasteiger partial charge in [-0.3, -0.25) is 9.78 Å². The number of ether oxygens (including phenoxy) is 1. The molecule has 0 fully saturated rings. The molecule has 2 aromatic carbocycles. The van der Waals surface area contributed by atoms with Crippen LogP contribution in [0.25, 0.3) is 11.1 Å². The number of carbonyl (C=O) groups is 3. The number of aliphatic hydroxyl groups is 1. The van der Waals surface area contributed by atoms with Crippen molar-refractivity contribution in [1.29, 1.82) is 0 Å². The van der Waals surface area contributed by atoms with E-state index in [4.69, 9.17) is 4.74 Å². The molecule has 4 rings (SSSR count). The van der Waals surface area contributed by atoms with Gasteiger partial charge in [-0.2, -0.15) is 0 Å². The molecule has 1 aromatic heterocycles. The van der Waals surface area contributed by atoms with E-state index in [2.05, 4.69) is 15.6 Å². The molecule has 4 N–H and O–H groups in total. The number of aliphatic carboxylic acids is 1. The lowest BCUT2D eigenvalue weighted by atomic mass is 9.98. The van der Waals surface area contributed by atoms with Crippen LogP contribution in [-0.2, 0) is 20.7 Å². The Bertz CT molecular complexity index is 1170. The first-order valence-corrected chi connectivity index (χ1v) is 11.9. The van der Waals surface area contributed by atoms with E-state index in [1.807, 2.05) is 48.5 Å². The zero-order chi connectivity index (χ0) is 24.9. The highest BCUT2D eigenvalue weighted by Crippen LogP contribution is 2.44. The first-order valence-electron chi connectivity index (χ1n) is 11.0. The fraction of sp³-hybridized carbons (Fsp3) is 0.280. The van der Waals surface area contributed by atoms with Crippen molar-refractivity contribution in [2.45, 2.75) is 37.5 Å². The Hall–Kier alpha value is -3.76. The van der Waals surface area contributed by atoms with E-state index in [0.717, 1.165) is 22.3 Å². The molecule has 1 unspecified atom stereocenters. The van der Waals surface area contributed by atoms with E-state index in [0.29, 0.717) is 4.88 Å². The molecule has 0 aliphatic heterocycles. The summed E-state index contributed by atoms with van der Waals surface area (Å²) in [6, 6.07) is 13.2. The summed E-state index contributed by atoms with van der Waals surface area (Å²) in [4.78, 5) is 41.7. The second-order valence-electron chi connectivity index (χ2n) is 8.26. The van der Waals surface area contributed by atoms with Gasteiger partial charge in [-0.05, 0) is 29.2 Å². The summed E-state index contributed by atoms with van der Waals surface area (Å²) in [6.45, 7) is 1.33. The molecule has 3 atom stereocenters. The summed E-state index contributed by atoms with van der Waals surface area (Å²) >= 11 is 1.30. The number of fused-ring (bicyclic) bond motifs is 3. The van der Waals surface area contributed by atoms with Crippen LogP contribution in [0.15, 0.2) is 60.2 Å². The number of hydrogen-bond acceptors (Lipinski definition) is 7. The number of rotatable bonds is 9. The number of aromatic nitrogens is 1. The fourth-order valence-electron chi connectivity index (χ4n) is 4.18. The van der Waals surface area contributed by atoms with Crippen molar-refractivity contribution in [3.63, 3.8) is 0 Å². The van der Waals surface area contributed by atoms with Crippen LogP contribution in [0.4, 0.5) is 4.79 Å². The summed E-state index contributed by atoms with van der Waals surface area (Å²) in [7, 11) is 0. The van der Waals surface area contributed by atoms with Gasteiger partial charge in [0.05, 0.1) is 11.6 Å². The molecule has 0 radical (unpaired) electrons. The number of hydrogen-bond donors (Lipinski definition) is 4. The fourth-order valence-corrected chi connectivity index (χ4v) is 4.82. The number of carboxylic acid groups (broad SMARTS) is 1. The van der Waals surface area contributed by atoms with E-state index in [1.54, 1.807) is 11.7 Å². The van der Waals surface area contributed by atoms with Crippen LogP contribution in [0.2, 0.25) is 0 Å². The smallest absolute Gasteiger partial charge is 0.407 e. The minimum atomic E-state index is -1.52. The maximum absolute atomic E-state index is 12.8. The maximum Gasteiger partial charge on any atom is 0.407 e. The average molecular weight is 496 g/mol. The number of carboxylic acids is 1. The minimum absolute atomic E-state index is 0.0696. The summed E-state index contributed by atoms with van der Waals surface area (Å²) in [6.07, 6.45) is -0.476. The summed E-state index contributed by atoms with van der Waals surface area (Å²) in [5.74, 6) is -2.28. The van der Waals surface area contributed by atoms with Gasteiger partial charge >= 0.3 is 12.1 Å². The molecule has 0 saturated carbocycles. The monoisotopic (exact) mass is 495 g/mol. The van der Waals surface area contributed by atoms with Gasteiger partial charge in [0, 0.05) is 23.4 Å². The van der Waals surface area contributed by atoms with E-state index in [1.165, 1.54) is 18.3 Å². The Morgan fingerprint density at radius 3 is 2.23 bits per heavy atom. The van der Waals surface area contributed by atoms with E-state index in [9.17, 15) is 24.6 Å². The predicted molar refractivity (Wildman–Crippen MR) is 129 cm³/mol. The standard InChI is InChI=1S/C25H25N3O6S/c1-14(29)22(24(31)32)28-23(30)21(10-15-11-26-13-35-15)27-25(33)34-12-20-18-8-4-2-6-16(18)17-7-3-5-9-19(17)20/h2-9,11,13-14,20-22,29H,10,12H2,1H3,(H,27,33)(H,28,30)(H,31,32)/t14-,21?,22+/m1/s1. The molecule has 9 nitrogen and oxygen atoms in total. The van der Waals surface area contributed by atoms with Crippen molar-refractivity contribution in [2.24, 2.45) is 0 Å². The number of carbonyl (C=O) groups excluding carboxylic acids is 2. The molecule has 1 aliphatic carbocycles. The van der Waals surface area contributed by atoms with Crippen LogP contribution in [-0.4, -0.2) is 58.0 Å². The van der Waals surface area contributed by atoms with Gasteiger partial charge in [0.1, 0.15) is 12.6 Å². The molecule has 2 amide bonds. The van der Waals surface area contributed by atoms with Gasteiger partial charge in [-0.1, -0.05) is 48.5 Å². The number of thiazole rings is 1. The van der Waals surface area contributed by atoms with Crippen molar-refractivity contribution in [1.82, 2.24) is 15.6 Å². The molecule has 182 valence electrons. The van der Waals surface area contributed by atoms with E-state index >= 15 is 0 Å². The van der Waals surface area contributed by atoms with Crippen LogP contribution in [0.1, 0.15) is 28.8 Å². The van der Waals surface area contributed by atoms with Gasteiger partial charge in [0.2, 0.25) is 5.91 Å². The summed E-state index contributed by atoms with van der Waals surface area (Å²) in [5, 5.41) is 23.8. The Morgan fingerprint density at radius 1 is 1.06 bits per heavy atom. The number of nitrogens with zero attached hydrogens (tertiary/aromatic N) is 1. The topological polar surface area (TPSA) is 138 Å². The van der Waals surface area contributed by atoms with Gasteiger partial charge < -0.3 is 25.6 Å². The Morgan fingerprint density at radius 2 is 1.69 bits per heavy atom. The third kappa shape index (κ3) is 5.50. The van der Waals surface area contributed by atoms with E-state index < -0.39 is 36.2 Å². The second kappa shape index (κ2) is 10.7. The highest BCUT2D eigenvalue weighted by Gasteiger charge is 2.32. The quantitative estimate of drug-likeness (QED) is 0.358. The van der Waals surface area contributed by atoms with Gasteiger partial charge in [0.25, 0.3) is 0 Å². The lowest BCUT2D eigenvalue weighted by Crippen LogP contribution is -2.55. The number of alkyl carbamates (subject to hydrolysis) is 1. The second-order valence-corrected chi connectivity index (χ2v) is 9.23. The number of amides is 2. The number of aliphatic hydroxyl groups excluding tert-OH is 1. The molecule has 1 heterocycles. The highest BCUT2D eigenvalue weighted by molar-refractivity contribution is 7.09. The number of nitrogens with one attached hydrogen (secondary N) is 2. The Balaban J connectivity index is 1.45. The lowest BCUT2D eigenvalue weighted by molar-refractivity contribution is -0.145. The molecule has 0 bridgehead atoms. The molecule has 0 spiro atoms. The van der Waals surface area contributed by atoms with Crippen LogP contribution < -0.4 is 10.6 Å². The minimum Gasteiger partial charge on any atom is -0.480 e. The van der Waals surface area contributed by atoms with Gasteiger partial charge in [-0.25, -0.2) is 9.59 Å². The molecule has 1 aliphatic rings. The van der Waals surface area contributed by atoms with Crippen molar-refractivity contribution < 1.29 is 29.3 Å². The third-order valence-electron chi connectivity index (χ3n) is 5.89. The van der Waals surface area contributed by atoms with Crippen LogP contribution in [0.5, 0.6) is 0 Å². The SMILES string of the molecule is C[C@@H](O)[C@H](NC(=O)C(Cc1cncs1)NC(=O)OCC1c2ccccc2-c2ccccc21)C(=O)O.